The number of nitrogens with one attached hydrogen (secondary N) is 2. The molecule has 2 aromatic rings. The van der Waals surface area contributed by atoms with E-state index < -0.39 is 0 Å². The highest BCUT2D eigenvalue weighted by atomic mass is 32.2. The van der Waals surface area contributed by atoms with Crippen molar-refractivity contribution in [1.82, 2.24) is 15.2 Å². The molecule has 0 spiro atoms. The highest BCUT2D eigenvalue weighted by Crippen LogP contribution is 2.13. The number of hydrogen-bond acceptors (Lipinski definition) is 4. The maximum absolute atomic E-state index is 11.7. The fraction of sp³-hybridized carbons (Fsp3) is 0.308. The lowest BCUT2D eigenvalue weighted by molar-refractivity contribution is -0.113. The summed E-state index contributed by atoms with van der Waals surface area (Å²) in [6.07, 6.45) is 1.90. The maximum Gasteiger partial charge on any atom is 0.234 e. The molecule has 0 aliphatic carbocycles. The third kappa shape index (κ3) is 4.40. The summed E-state index contributed by atoms with van der Waals surface area (Å²) < 4.78 is 0. The number of carbonyl (C=O) groups is 1. The minimum atomic E-state index is -0.0574. The summed E-state index contributed by atoms with van der Waals surface area (Å²) in [6.45, 7) is 2.09. The molecule has 0 saturated carbocycles. The van der Waals surface area contributed by atoms with Gasteiger partial charge in [0.05, 0.1) is 5.75 Å². The summed E-state index contributed by atoms with van der Waals surface area (Å²) in [5, 5.41) is 10.4. The Morgan fingerprint density at radius 1 is 1.37 bits per heavy atom. The van der Waals surface area contributed by atoms with Crippen LogP contribution in [0.1, 0.15) is 19.2 Å². The van der Waals surface area contributed by atoms with E-state index in [0.717, 1.165) is 24.4 Å². The number of aromatic amines is 1. The first kappa shape index (κ1) is 13.6. The van der Waals surface area contributed by atoms with E-state index in [1.165, 1.54) is 11.8 Å². The summed E-state index contributed by atoms with van der Waals surface area (Å²) >= 11 is 1.33. The van der Waals surface area contributed by atoms with Gasteiger partial charge in [0.15, 0.2) is 0 Å². The van der Waals surface area contributed by atoms with Gasteiger partial charge in [0.25, 0.3) is 0 Å². The van der Waals surface area contributed by atoms with Crippen LogP contribution in [0.3, 0.4) is 0 Å². The molecular weight excluding hydrogens is 260 g/mol. The van der Waals surface area contributed by atoms with Crippen LogP contribution in [-0.2, 0) is 11.2 Å². The van der Waals surface area contributed by atoms with Crippen molar-refractivity contribution in [2.24, 2.45) is 0 Å². The normalized spacial score (nSPS) is 10.4. The van der Waals surface area contributed by atoms with Gasteiger partial charge in [-0.25, -0.2) is 4.98 Å². The van der Waals surface area contributed by atoms with Crippen LogP contribution in [-0.4, -0.2) is 26.8 Å². The average Bonchev–Trinajstić information content (AvgIpc) is 2.86. The minimum Gasteiger partial charge on any atom is -0.325 e. The number of rotatable bonds is 6. The Kier molecular flexibility index (Phi) is 4.97. The average molecular weight is 276 g/mol. The molecule has 19 heavy (non-hydrogen) atoms. The number of nitrogens with zero attached hydrogens (tertiary/aromatic N) is 2. The fourth-order valence-corrected chi connectivity index (χ4v) is 2.16. The molecule has 1 amide bonds. The molecule has 0 atom stereocenters. The first-order valence-corrected chi connectivity index (χ1v) is 7.15. The lowest BCUT2D eigenvalue weighted by atomic mass is 10.3. The van der Waals surface area contributed by atoms with E-state index in [-0.39, 0.29) is 5.91 Å². The zero-order chi connectivity index (χ0) is 13.5. The molecule has 2 rings (SSSR count). The monoisotopic (exact) mass is 276 g/mol. The molecule has 1 heterocycles. The van der Waals surface area contributed by atoms with Gasteiger partial charge < -0.3 is 5.32 Å². The zero-order valence-electron chi connectivity index (χ0n) is 10.7. The summed E-state index contributed by atoms with van der Waals surface area (Å²) in [7, 11) is 0. The number of hydrogen-bond donors (Lipinski definition) is 2. The lowest BCUT2D eigenvalue weighted by Crippen LogP contribution is -2.13. The second-order valence-electron chi connectivity index (χ2n) is 4.02. The molecule has 100 valence electrons. The van der Waals surface area contributed by atoms with Crippen LogP contribution in [0.5, 0.6) is 0 Å². The summed E-state index contributed by atoms with van der Waals surface area (Å²) in [6, 6.07) is 9.39. The van der Waals surface area contributed by atoms with E-state index >= 15 is 0 Å². The molecule has 0 fully saturated rings. The third-order valence-electron chi connectivity index (χ3n) is 2.39. The quantitative estimate of drug-likeness (QED) is 0.795. The Hall–Kier alpha value is -1.82. The molecule has 0 aliphatic heterocycles. The maximum atomic E-state index is 11.7. The van der Waals surface area contributed by atoms with E-state index in [9.17, 15) is 4.79 Å². The van der Waals surface area contributed by atoms with Gasteiger partial charge in [0.2, 0.25) is 11.1 Å². The van der Waals surface area contributed by atoms with Gasteiger partial charge in [-0.3, -0.25) is 9.89 Å². The number of H-pyrrole nitrogens is 1. The highest BCUT2D eigenvalue weighted by molar-refractivity contribution is 7.99. The molecule has 0 radical (unpaired) electrons. The largest absolute Gasteiger partial charge is 0.325 e. The van der Waals surface area contributed by atoms with Gasteiger partial charge in [-0.05, 0) is 18.6 Å². The number of amides is 1. The van der Waals surface area contributed by atoms with Crippen molar-refractivity contribution in [3.63, 3.8) is 0 Å². The number of para-hydroxylation sites is 1. The first-order chi connectivity index (χ1) is 9.28. The summed E-state index contributed by atoms with van der Waals surface area (Å²) in [5.74, 6) is 1.12. The molecule has 5 nitrogen and oxygen atoms in total. The van der Waals surface area contributed by atoms with E-state index in [0.29, 0.717) is 10.9 Å². The van der Waals surface area contributed by atoms with Gasteiger partial charge >= 0.3 is 0 Å². The Labute approximate surface area is 116 Å². The second kappa shape index (κ2) is 6.94. The van der Waals surface area contributed by atoms with Crippen molar-refractivity contribution in [3.05, 3.63) is 36.2 Å². The Morgan fingerprint density at radius 2 is 2.16 bits per heavy atom. The highest BCUT2D eigenvalue weighted by Gasteiger charge is 2.07. The smallest absolute Gasteiger partial charge is 0.234 e. The van der Waals surface area contributed by atoms with Gasteiger partial charge in [0, 0.05) is 12.1 Å². The number of anilines is 1. The van der Waals surface area contributed by atoms with Crippen LogP contribution in [0.25, 0.3) is 0 Å². The first-order valence-electron chi connectivity index (χ1n) is 6.17. The van der Waals surface area contributed by atoms with Crippen LogP contribution in [0.2, 0.25) is 0 Å². The minimum absolute atomic E-state index is 0.0574. The van der Waals surface area contributed by atoms with Gasteiger partial charge in [-0.1, -0.05) is 36.9 Å². The summed E-state index contributed by atoms with van der Waals surface area (Å²) in [4.78, 5) is 16.0. The fourth-order valence-electron chi connectivity index (χ4n) is 1.54. The van der Waals surface area contributed by atoms with Crippen LogP contribution in [0.4, 0.5) is 5.69 Å². The van der Waals surface area contributed by atoms with E-state index in [1.54, 1.807) is 0 Å². The SMILES string of the molecule is CCCc1nc(SCC(=O)Nc2ccccc2)n[nH]1. The van der Waals surface area contributed by atoms with E-state index in [4.69, 9.17) is 0 Å². The predicted molar refractivity (Wildman–Crippen MR) is 76.2 cm³/mol. The van der Waals surface area contributed by atoms with Crippen LogP contribution < -0.4 is 5.32 Å². The van der Waals surface area contributed by atoms with Gasteiger partial charge in [-0.2, -0.15) is 0 Å². The Balaban J connectivity index is 1.79. The van der Waals surface area contributed by atoms with Crippen molar-refractivity contribution in [3.8, 4) is 0 Å². The number of benzene rings is 1. The number of thioether (sulfide) groups is 1. The molecule has 0 bridgehead atoms. The molecule has 2 N–H and O–H groups in total. The summed E-state index contributed by atoms with van der Waals surface area (Å²) in [5.41, 5.74) is 0.801. The number of carbonyl (C=O) groups excluding carboxylic acids is 1. The Bertz CT molecular complexity index is 526. The van der Waals surface area contributed by atoms with Crippen LogP contribution in [0, 0.1) is 0 Å². The van der Waals surface area contributed by atoms with E-state index in [1.807, 2.05) is 30.3 Å². The van der Waals surface area contributed by atoms with Crippen molar-refractivity contribution in [2.45, 2.75) is 24.9 Å². The van der Waals surface area contributed by atoms with Gasteiger partial charge in [0.1, 0.15) is 5.82 Å². The third-order valence-corrected chi connectivity index (χ3v) is 3.24. The zero-order valence-corrected chi connectivity index (χ0v) is 11.5. The predicted octanol–water partition coefficient (Wildman–Crippen LogP) is 2.49. The molecule has 0 unspecified atom stereocenters. The van der Waals surface area contributed by atoms with Crippen molar-refractivity contribution in [1.29, 1.82) is 0 Å². The Morgan fingerprint density at radius 3 is 2.89 bits per heavy atom. The van der Waals surface area contributed by atoms with Crippen LogP contribution >= 0.6 is 11.8 Å². The van der Waals surface area contributed by atoms with Crippen molar-refractivity contribution in [2.75, 3.05) is 11.1 Å². The second-order valence-corrected chi connectivity index (χ2v) is 4.96. The molecule has 1 aromatic carbocycles. The number of aryl methyl sites for hydroxylation is 1. The molecular formula is C13H16N4OS. The van der Waals surface area contributed by atoms with Crippen molar-refractivity contribution >= 4 is 23.4 Å². The number of aromatic nitrogens is 3. The lowest BCUT2D eigenvalue weighted by Gasteiger charge is -2.02. The van der Waals surface area contributed by atoms with Crippen molar-refractivity contribution < 1.29 is 4.79 Å². The topological polar surface area (TPSA) is 70.7 Å². The van der Waals surface area contributed by atoms with Crippen LogP contribution in [0.15, 0.2) is 35.5 Å². The molecule has 0 saturated heterocycles. The standard InChI is InChI=1S/C13H16N4OS/c1-2-6-11-15-13(17-16-11)19-9-12(18)14-10-7-4-3-5-8-10/h3-5,7-8H,2,6,9H2,1H3,(H,14,18)(H,15,16,17). The molecule has 6 heteroatoms. The molecule has 1 aromatic heterocycles. The molecule has 0 aliphatic rings. The van der Waals surface area contributed by atoms with E-state index in [2.05, 4.69) is 27.4 Å². The van der Waals surface area contributed by atoms with Gasteiger partial charge in [-0.15, -0.1) is 5.10 Å².